The number of rotatable bonds is 10. The molecule has 0 aromatic carbocycles. The van der Waals surface area contributed by atoms with Crippen LogP contribution in [-0.2, 0) is 4.74 Å². The van der Waals surface area contributed by atoms with Gasteiger partial charge in [-0.1, -0.05) is 39.0 Å². The molecule has 0 aliphatic heterocycles. The fraction of sp³-hybridized carbons (Fsp3) is 0.944. The lowest BCUT2D eigenvalue weighted by atomic mass is 9.76. The number of hydrogen-bond acceptors (Lipinski definition) is 3. The van der Waals surface area contributed by atoms with Gasteiger partial charge in [-0.3, -0.25) is 0 Å². The van der Waals surface area contributed by atoms with E-state index in [-0.39, 0.29) is 11.6 Å². The Morgan fingerprint density at radius 1 is 1.09 bits per heavy atom. The van der Waals surface area contributed by atoms with Crippen LogP contribution in [-0.4, -0.2) is 30.3 Å². The number of alkyl carbamates (subject to hydrolysis) is 1. The smallest absolute Gasteiger partial charge is 0.408 e. The Balaban J connectivity index is 2.14. The van der Waals surface area contributed by atoms with Gasteiger partial charge in [-0.15, -0.1) is 0 Å². The number of carbonyl (C=O) groups excluding carboxylic acids is 1. The van der Waals surface area contributed by atoms with Gasteiger partial charge in [0.05, 0.1) is 5.54 Å². The molecule has 0 aromatic heterocycles. The van der Waals surface area contributed by atoms with Crippen LogP contribution in [0.15, 0.2) is 0 Å². The SMILES string of the molecule is CCCCCCCCNCC1(NC(=O)OC(C)(C)C)CCC1. The zero-order chi connectivity index (χ0) is 16.5. The van der Waals surface area contributed by atoms with E-state index in [1.807, 2.05) is 20.8 Å². The number of carbonyl (C=O) groups is 1. The van der Waals surface area contributed by atoms with Gasteiger partial charge in [-0.25, -0.2) is 4.79 Å². The minimum Gasteiger partial charge on any atom is -0.444 e. The van der Waals surface area contributed by atoms with Gasteiger partial charge in [0, 0.05) is 6.54 Å². The van der Waals surface area contributed by atoms with Crippen molar-refractivity contribution in [2.75, 3.05) is 13.1 Å². The molecule has 1 saturated carbocycles. The Labute approximate surface area is 136 Å². The van der Waals surface area contributed by atoms with Gasteiger partial charge >= 0.3 is 6.09 Å². The van der Waals surface area contributed by atoms with Crippen LogP contribution in [0, 0.1) is 0 Å². The average molecular weight is 312 g/mol. The van der Waals surface area contributed by atoms with Crippen LogP contribution in [0.2, 0.25) is 0 Å². The second-order valence-corrected chi connectivity index (χ2v) is 7.71. The molecule has 0 radical (unpaired) electrons. The Bertz CT molecular complexity index is 320. The third-order valence-corrected chi connectivity index (χ3v) is 4.25. The van der Waals surface area contributed by atoms with Gasteiger partial charge in [0.1, 0.15) is 5.60 Å². The zero-order valence-corrected chi connectivity index (χ0v) is 15.1. The fourth-order valence-corrected chi connectivity index (χ4v) is 2.83. The van der Waals surface area contributed by atoms with E-state index in [4.69, 9.17) is 4.74 Å². The Morgan fingerprint density at radius 3 is 2.27 bits per heavy atom. The molecule has 1 aliphatic carbocycles. The largest absolute Gasteiger partial charge is 0.444 e. The number of hydrogen-bond donors (Lipinski definition) is 2. The van der Waals surface area contributed by atoms with Gasteiger partial charge < -0.3 is 15.4 Å². The molecule has 0 bridgehead atoms. The van der Waals surface area contributed by atoms with Crippen molar-refractivity contribution in [2.24, 2.45) is 0 Å². The molecule has 4 heteroatoms. The minimum atomic E-state index is -0.430. The van der Waals surface area contributed by atoms with Crippen LogP contribution in [0.5, 0.6) is 0 Å². The minimum absolute atomic E-state index is 0.0788. The van der Waals surface area contributed by atoms with Crippen molar-refractivity contribution in [3.05, 3.63) is 0 Å². The molecule has 2 N–H and O–H groups in total. The quantitative estimate of drug-likeness (QED) is 0.588. The van der Waals surface area contributed by atoms with E-state index in [1.165, 1.54) is 44.9 Å². The predicted octanol–water partition coefficient (Wildman–Crippen LogP) is 4.38. The monoisotopic (exact) mass is 312 g/mol. The molecular formula is C18H36N2O2. The summed E-state index contributed by atoms with van der Waals surface area (Å²) in [4.78, 5) is 11.9. The first kappa shape index (κ1) is 19.3. The molecule has 130 valence electrons. The van der Waals surface area contributed by atoms with Crippen molar-refractivity contribution in [3.8, 4) is 0 Å². The van der Waals surface area contributed by atoms with Gasteiger partial charge in [0.15, 0.2) is 0 Å². The summed E-state index contributed by atoms with van der Waals surface area (Å²) in [6, 6.07) is 0. The molecule has 0 heterocycles. The topological polar surface area (TPSA) is 50.4 Å². The zero-order valence-electron chi connectivity index (χ0n) is 15.1. The van der Waals surface area contributed by atoms with Crippen molar-refractivity contribution in [1.29, 1.82) is 0 Å². The van der Waals surface area contributed by atoms with Crippen molar-refractivity contribution in [1.82, 2.24) is 10.6 Å². The van der Waals surface area contributed by atoms with E-state index < -0.39 is 5.60 Å². The molecule has 4 nitrogen and oxygen atoms in total. The number of unbranched alkanes of at least 4 members (excludes halogenated alkanes) is 5. The van der Waals surface area contributed by atoms with Crippen LogP contribution >= 0.6 is 0 Å². The van der Waals surface area contributed by atoms with Gasteiger partial charge in [0.2, 0.25) is 0 Å². The van der Waals surface area contributed by atoms with E-state index in [1.54, 1.807) is 0 Å². The highest BCUT2D eigenvalue weighted by Gasteiger charge is 2.39. The average Bonchev–Trinajstić information content (AvgIpc) is 2.36. The Morgan fingerprint density at radius 2 is 1.73 bits per heavy atom. The van der Waals surface area contributed by atoms with Crippen LogP contribution in [0.4, 0.5) is 4.79 Å². The van der Waals surface area contributed by atoms with E-state index in [0.29, 0.717) is 0 Å². The Kier molecular flexibility index (Phi) is 8.23. The summed E-state index contributed by atoms with van der Waals surface area (Å²) in [5.41, 5.74) is -0.508. The lowest BCUT2D eigenvalue weighted by molar-refractivity contribution is 0.0382. The predicted molar refractivity (Wildman–Crippen MR) is 92.2 cm³/mol. The number of nitrogens with one attached hydrogen (secondary N) is 2. The van der Waals surface area contributed by atoms with Crippen molar-refractivity contribution in [3.63, 3.8) is 0 Å². The molecule has 1 amide bonds. The number of ether oxygens (including phenoxy) is 1. The highest BCUT2D eigenvalue weighted by molar-refractivity contribution is 5.69. The maximum atomic E-state index is 11.9. The van der Waals surface area contributed by atoms with E-state index in [2.05, 4.69) is 17.6 Å². The van der Waals surface area contributed by atoms with Crippen LogP contribution in [0.1, 0.15) is 85.5 Å². The van der Waals surface area contributed by atoms with Gasteiger partial charge in [-0.05, 0) is 53.0 Å². The van der Waals surface area contributed by atoms with Gasteiger partial charge in [-0.2, -0.15) is 0 Å². The first-order valence-corrected chi connectivity index (χ1v) is 9.09. The first-order chi connectivity index (χ1) is 10.4. The van der Waals surface area contributed by atoms with Crippen molar-refractivity contribution in [2.45, 2.75) is 96.6 Å². The van der Waals surface area contributed by atoms with Crippen molar-refractivity contribution < 1.29 is 9.53 Å². The van der Waals surface area contributed by atoms with Crippen LogP contribution < -0.4 is 10.6 Å². The van der Waals surface area contributed by atoms with E-state index in [0.717, 1.165) is 25.9 Å². The fourth-order valence-electron chi connectivity index (χ4n) is 2.83. The molecule has 1 aliphatic rings. The Hall–Kier alpha value is -0.770. The van der Waals surface area contributed by atoms with Crippen molar-refractivity contribution >= 4 is 6.09 Å². The van der Waals surface area contributed by atoms with E-state index in [9.17, 15) is 4.79 Å². The third kappa shape index (κ3) is 8.02. The maximum Gasteiger partial charge on any atom is 0.408 e. The summed E-state index contributed by atoms with van der Waals surface area (Å²) in [5.74, 6) is 0. The maximum absolute atomic E-state index is 11.9. The molecule has 0 spiro atoms. The van der Waals surface area contributed by atoms with E-state index >= 15 is 0 Å². The standard InChI is InChI=1S/C18H36N2O2/c1-5-6-7-8-9-10-14-19-15-18(12-11-13-18)20-16(21)22-17(2,3)4/h19H,5-15H2,1-4H3,(H,20,21). The van der Waals surface area contributed by atoms with Crippen LogP contribution in [0.3, 0.4) is 0 Å². The third-order valence-electron chi connectivity index (χ3n) is 4.25. The molecular weight excluding hydrogens is 276 g/mol. The molecule has 0 aromatic rings. The molecule has 22 heavy (non-hydrogen) atoms. The normalized spacial score (nSPS) is 16.9. The second kappa shape index (κ2) is 9.39. The lowest BCUT2D eigenvalue weighted by Gasteiger charge is -2.42. The molecule has 0 unspecified atom stereocenters. The summed E-state index contributed by atoms with van der Waals surface area (Å²) >= 11 is 0. The molecule has 0 atom stereocenters. The first-order valence-electron chi connectivity index (χ1n) is 9.09. The lowest BCUT2D eigenvalue weighted by Crippen LogP contribution is -2.59. The summed E-state index contributed by atoms with van der Waals surface area (Å²) < 4.78 is 5.37. The molecule has 1 fully saturated rings. The summed E-state index contributed by atoms with van der Waals surface area (Å²) in [5, 5.41) is 6.60. The summed E-state index contributed by atoms with van der Waals surface area (Å²) in [7, 11) is 0. The molecule has 1 rings (SSSR count). The number of amides is 1. The second-order valence-electron chi connectivity index (χ2n) is 7.71. The molecule has 0 saturated heterocycles. The van der Waals surface area contributed by atoms with Gasteiger partial charge in [0.25, 0.3) is 0 Å². The summed E-state index contributed by atoms with van der Waals surface area (Å²) in [6.07, 6.45) is 10.9. The highest BCUT2D eigenvalue weighted by atomic mass is 16.6. The van der Waals surface area contributed by atoms with Crippen LogP contribution in [0.25, 0.3) is 0 Å². The summed E-state index contributed by atoms with van der Waals surface area (Å²) in [6.45, 7) is 9.85. The highest BCUT2D eigenvalue weighted by Crippen LogP contribution is 2.31.